The Morgan fingerprint density at radius 2 is 2.04 bits per heavy atom. The molecule has 1 saturated heterocycles. The Kier molecular flexibility index (Phi) is 4.71. The van der Waals surface area contributed by atoms with Gasteiger partial charge in [0, 0.05) is 23.7 Å². The summed E-state index contributed by atoms with van der Waals surface area (Å²) in [4.78, 5) is 26.7. The topological polar surface area (TPSA) is 69.6 Å². The SMILES string of the molecule is O=C1NCCN(C(=O)Cc2cccc(O)c2)C1c1ccccc1Cl. The number of hydrogen-bond acceptors (Lipinski definition) is 3. The van der Waals surface area contributed by atoms with Crippen LogP contribution in [0.15, 0.2) is 48.5 Å². The molecular formula is C18H17ClN2O3. The first-order valence-corrected chi connectivity index (χ1v) is 8.03. The molecule has 24 heavy (non-hydrogen) atoms. The maximum absolute atomic E-state index is 12.7. The first-order valence-electron chi connectivity index (χ1n) is 7.66. The van der Waals surface area contributed by atoms with E-state index in [1.807, 2.05) is 0 Å². The summed E-state index contributed by atoms with van der Waals surface area (Å²) in [6, 6.07) is 12.9. The molecule has 0 spiro atoms. The van der Waals surface area contributed by atoms with E-state index < -0.39 is 6.04 Å². The fraction of sp³-hybridized carbons (Fsp3) is 0.222. The molecule has 1 unspecified atom stereocenters. The third kappa shape index (κ3) is 3.36. The van der Waals surface area contributed by atoms with Gasteiger partial charge in [0.05, 0.1) is 6.42 Å². The number of halogens is 1. The van der Waals surface area contributed by atoms with Crippen LogP contribution in [-0.4, -0.2) is 34.9 Å². The largest absolute Gasteiger partial charge is 0.508 e. The molecule has 5 nitrogen and oxygen atoms in total. The summed E-state index contributed by atoms with van der Waals surface area (Å²) >= 11 is 6.22. The number of amides is 2. The monoisotopic (exact) mass is 344 g/mol. The van der Waals surface area contributed by atoms with Gasteiger partial charge < -0.3 is 15.3 Å². The number of hydrogen-bond donors (Lipinski definition) is 2. The van der Waals surface area contributed by atoms with Crippen molar-refractivity contribution in [3.63, 3.8) is 0 Å². The van der Waals surface area contributed by atoms with Crippen molar-refractivity contribution in [2.75, 3.05) is 13.1 Å². The van der Waals surface area contributed by atoms with E-state index >= 15 is 0 Å². The average Bonchev–Trinajstić information content (AvgIpc) is 2.55. The number of nitrogens with one attached hydrogen (secondary N) is 1. The summed E-state index contributed by atoms with van der Waals surface area (Å²) in [6.07, 6.45) is 0.114. The van der Waals surface area contributed by atoms with Crippen molar-refractivity contribution in [2.24, 2.45) is 0 Å². The van der Waals surface area contributed by atoms with Gasteiger partial charge in [-0.25, -0.2) is 0 Å². The van der Waals surface area contributed by atoms with E-state index in [4.69, 9.17) is 11.6 Å². The molecule has 3 rings (SSSR count). The third-order valence-corrected chi connectivity index (χ3v) is 4.34. The van der Waals surface area contributed by atoms with Crippen molar-refractivity contribution >= 4 is 23.4 Å². The lowest BCUT2D eigenvalue weighted by Gasteiger charge is -2.35. The van der Waals surface area contributed by atoms with Crippen LogP contribution in [0.3, 0.4) is 0 Å². The Balaban J connectivity index is 1.87. The van der Waals surface area contributed by atoms with Crippen LogP contribution in [0, 0.1) is 0 Å². The van der Waals surface area contributed by atoms with Crippen LogP contribution < -0.4 is 5.32 Å². The molecule has 0 aromatic heterocycles. The molecule has 2 N–H and O–H groups in total. The van der Waals surface area contributed by atoms with Gasteiger partial charge in [0.2, 0.25) is 11.8 Å². The van der Waals surface area contributed by atoms with Crippen LogP contribution in [-0.2, 0) is 16.0 Å². The molecule has 0 bridgehead atoms. The van der Waals surface area contributed by atoms with Crippen LogP contribution in [0.2, 0.25) is 5.02 Å². The predicted molar refractivity (Wildman–Crippen MR) is 90.7 cm³/mol. The molecule has 6 heteroatoms. The number of phenols is 1. The molecule has 1 heterocycles. The van der Waals surface area contributed by atoms with Crippen LogP contribution in [0.4, 0.5) is 0 Å². The fourth-order valence-electron chi connectivity index (χ4n) is 2.88. The minimum absolute atomic E-state index is 0.111. The lowest BCUT2D eigenvalue weighted by Crippen LogP contribution is -2.52. The Hall–Kier alpha value is -2.53. The van der Waals surface area contributed by atoms with E-state index in [0.29, 0.717) is 29.2 Å². The van der Waals surface area contributed by atoms with Crippen molar-refractivity contribution in [1.82, 2.24) is 10.2 Å². The summed E-state index contributed by atoms with van der Waals surface area (Å²) in [5.74, 6) is -0.307. The minimum atomic E-state index is -0.739. The van der Waals surface area contributed by atoms with Gasteiger partial charge >= 0.3 is 0 Å². The number of piperazine rings is 1. The van der Waals surface area contributed by atoms with Gasteiger partial charge in [0.25, 0.3) is 0 Å². The first-order chi connectivity index (χ1) is 11.6. The molecule has 0 radical (unpaired) electrons. The summed E-state index contributed by atoms with van der Waals surface area (Å²) < 4.78 is 0. The molecule has 2 aromatic carbocycles. The quantitative estimate of drug-likeness (QED) is 0.897. The zero-order valence-electron chi connectivity index (χ0n) is 12.9. The molecule has 124 valence electrons. The number of aromatic hydroxyl groups is 1. The smallest absolute Gasteiger partial charge is 0.247 e. The summed E-state index contributed by atoms with van der Waals surface area (Å²) in [6.45, 7) is 0.824. The van der Waals surface area contributed by atoms with Gasteiger partial charge in [-0.2, -0.15) is 0 Å². The second kappa shape index (κ2) is 6.93. The molecule has 2 aromatic rings. The number of phenolic OH excluding ortho intramolecular Hbond substituents is 1. The van der Waals surface area contributed by atoms with E-state index in [1.54, 1.807) is 53.4 Å². The Bertz CT molecular complexity index is 778. The third-order valence-electron chi connectivity index (χ3n) is 4.00. The van der Waals surface area contributed by atoms with E-state index in [0.717, 1.165) is 0 Å². The molecule has 2 amide bonds. The molecule has 0 aliphatic carbocycles. The normalized spacial score (nSPS) is 17.5. The predicted octanol–water partition coefficient (Wildman–Crippen LogP) is 2.29. The highest BCUT2D eigenvalue weighted by Gasteiger charge is 2.35. The second-order valence-corrected chi connectivity index (χ2v) is 6.06. The Labute approximate surface area is 144 Å². The van der Waals surface area contributed by atoms with E-state index in [-0.39, 0.29) is 24.0 Å². The fourth-order valence-corrected chi connectivity index (χ4v) is 3.12. The summed E-state index contributed by atoms with van der Waals surface area (Å²) in [5.41, 5.74) is 1.31. The second-order valence-electron chi connectivity index (χ2n) is 5.65. The molecule has 1 aliphatic heterocycles. The molecule has 1 aliphatic rings. The van der Waals surface area contributed by atoms with Crippen molar-refractivity contribution in [1.29, 1.82) is 0 Å². The number of carbonyl (C=O) groups is 2. The number of carbonyl (C=O) groups excluding carboxylic acids is 2. The molecule has 1 atom stereocenters. The molecule has 0 saturated carbocycles. The van der Waals surface area contributed by atoms with Crippen molar-refractivity contribution in [3.05, 3.63) is 64.7 Å². The summed E-state index contributed by atoms with van der Waals surface area (Å²) in [7, 11) is 0. The average molecular weight is 345 g/mol. The standard InChI is InChI=1S/C18H17ClN2O3/c19-15-7-2-1-6-14(15)17-18(24)20-8-9-21(17)16(23)11-12-4-3-5-13(22)10-12/h1-7,10,17,22H,8-9,11H2,(H,20,24). The number of benzene rings is 2. The zero-order chi connectivity index (χ0) is 17.1. The zero-order valence-corrected chi connectivity index (χ0v) is 13.7. The Morgan fingerprint density at radius 3 is 2.79 bits per heavy atom. The van der Waals surface area contributed by atoms with Gasteiger partial charge in [-0.05, 0) is 23.8 Å². The van der Waals surface area contributed by atoms with Gasteiger partial charge in [-0.3, -0.25) is 9.59 Å². The summed E-state index contributed by atoms with van der Waals surface area (Å²) in [5, 5.41) is 12.8. The minimum Gasteiger partial charge on any atom is -0.508 e. The van der Waals surface area contributed by atoms with Crippen LogP contribution in [0.5, 0.6) is 5.75 Å². The number of rotatable bonds is 3. The first kappa shape index (κ1) is 16.3. The van der Waals surface area contributed by atoms with E-state index in [9.17, 15) is 14.7 Å². The number of nitrogens with zero attached hydrogens (tertiary/aromatic N) is 1. The van der Waals surface area contributed by atoms with Gasteiger partial charge in [-0.15, -0.1) is 0 Å². The van der Waals surface area contributed by atoms with Gasteiger partial charge in [0.1, 0.15) is 11.8 Å². The van der Waals surface area contributed by atoms with Gasteiger partial charge in [-0.1, -0.05) is 41.9 Å². The molecule has 1 fully saturated rings. The van der Waals surface area contributed by atoms with Gasteiger partial charge in [0.15, 0.2) is 0 Å². The van der Waals surface area contributed by atoms with Crippen molar-refractivity contribution < 1.29 is 14.7 Å². The van der Waals surface area contributed by atoms with Crippen molar-refractivity contribution in [3.8, 4) is 5.75 Å². The highest BCUT2D eigenvalue weighted by molar-refractivity contribution is 6.31. The Morgan fingerprint density at radius 1 is 1.25 bits per heavy atom. The van der Waals surface area contributed by atoms with E-state index in [2.05, 4.69) is 5.32 Å². The van der Waals surface area contributed by atoms with E-state index in [1.165, 1.54) is 0 Å². The lowest BCUT2D eigenvalue weighted by molar-refractivity contribution is -0.143. The van der Waals surface area contributed by atoms with Crippen LogP contribution in [0.25, 0.3) is 0 Å². The van der Waals surface area contributed by atoms with Crippen LogP contribution in [0.1, 0.15) is 17.2 Å². The highest BCUT2D eigenvalue weighted by atomic mass is 35.5. The maximum Gasteiger partial charge on any atom is 0.247 e. The lowest BCUT2D eigenvalue weighted by atomic mass is 10.0. The molecular weight excluding hydrogens is 328 g/mol. The van der Waals surface area contributed by atoms with Crippen molar-refractivity contribution in [2.45, 2.75) is 12.5 Å². The maximum atomic E-state index is 12.7. The van der Waals surface area contributed by atoms with Crippen LogP contribution >= 0.6 is 11.6 Å². The highest BCUT2D eigenvalue weighted by Crippen LogP contribution is 2.29.